The van der Waals surface area contributed by atoms with E-state index in [0.717, 1.165) is 31.0 Å². The van der Waals surface area contributed by atoms with E-state index >= 15 is 0 Å². The first-order valence-corrected chi connectivity index (χ1v) is 5.54. The molecule has 0 bridgehead atoms. The number of nitrogens with two attached hydrogens (primary N) is 1. The second-order valence-electron chi connectivity index (χ2n) is 4.30. The van der Waals surface area contributed by atoms with Crippen molar-refractivity contribution in [3.05, 3.63) is 24.0 Å². The maximum atomic E-state index is 5.72. The van der Waals surface area contributed by atoms with Crippen LogP contribution in [0.1, 0.15) is 26.5 Å². The van der Waals surface area contributed by atoms with Gasteiger partial charge in [-0.1, -0.05) is 20.8 Å². The molecule has 0 amide bonds. The van der Waals surface area contributed by atoms with E-state index in [1.54, 1.807) is 6.20 Å². The molecule has 0 spiro atoms. The highest BCUT2D eigenvalue weighted by Crippen LogP contribution is 2.08. The first kappa shape index (κ1) is 12.0. The summed E-state index contributed by atoms with van der Waals surface area (Å²) in [7, 11) is 0. The Morgan fingerprint density at radius 2 is 2.20 bits per heavy atom. The molecule has 1 aromatic rings. The van der Waals surface area contributed by atoms with Crippen LogP contribution >= 0.6 is 0 Å². The summed E-state index contributed by atoms with van der Waals surface area (Å²) in [5.74, 6) is 0.686. The molecule has 0 aliphatic carbocycles. The fourth-order valence-electron chi connectivity index (χ4n) is 1.63. The zero-order valence-corrected chi connectivity index (χ0v) is 9.90. The lowest BCUT2D eigenvalue weighted by Crippen LogP contribution is -2.27. The molecule has 0 saturated heterocycles. The van der Waals surface area contributed by atoms with Gasteiger partial charge in [-0.25, -0.2) is 0 Å². The van der Waals surface area contributed by atoms with E-state index in [2.05, 4.69) is 30.7 Å². The predicted molar refractivity (Wildman–Crippen MR) is 64.4 cm³/mol. The molecule has 0 saturated carbocycles. The van der Waals surface area contributed by atoms with Crippen LogP contribution in [0, 0.1) is 5.92 Å². The van der Waals surface area contributed by atoms with E-state index in [1.807, 2.05) is 12.1 Å². The number of aromatic nitrogens is 1. The third kappa shape index (κ3) is 4.30. The minimum absolute atomic E-state index is 0.686. The van der Waals surface area contributed by atoms with Gasteiger partial charge < -0.3 is 5.73 Å². The van der Waals surface area contributed by atoms with Crippen molar-refractivity contribution >= 4 is 5.69 Å². The van der Waals surface area contributed by atoms with Gasteiger partial charge in [0.15, 0.2) is 0 Å². The number of nitrogens with zero attached hydrogens (tertiary/aromatic N) is 2. The van der Waals surface area contributed by atoms with Crippen LogP contribution in [0.5, 0.6) is 0 Å². The lowest BCUT2D eigenvalue weighted by atomic mass is 10.2. The highest BCUT2D eigenvalue weighted by molar-refractivity contribution is 5.37. The molecular weight excluding hydrogens is 186 g/mol. The van der Waals surface area contributed by atoms with Gasteiger partial charge in [-0.15, -0.1) is 0 Å². The molecule has 0 radical (unpaired) electrons. The lowest BCUT2D eigenvalue weighted by Gasteiger charge is -2.22. The van der Waals surface area contributed by atoms with Gasteiger partial charge in [0, 0.05) is 25.0 Å². The van der Waals surface area contributed by atoms with Crippen molar-refractivity contribution in [1.82, 2.24) is 9.88 Å². The van der Waals surface area contributed by atoms with Crippen molar-refractivity contribution in [1.29, 1.82) is 0 Å². The Morgan fingerprint density at radius 1 is 1.47 bits per heavy atom. The Balaban J connectivity index is 2.58. The minimum Gasteiger partial charge on any atom is -0.399 e. The smallest absolute Gasteiger partial charge is 0.0564 e. The van der Waals surface area contributed by atoms with Crippen molar-refractivity contribution in [2.45, 2.75) is 27.3 Å². The van der Waals surface area contributed by atoms with E-state index in [1.165, 1.54) is 0 Å². The number of nitrogen functional groups attached to an aromatic ring is 1. The Hall–Kier alpha value is -1.09. The van der Waals surface area contributed by atoms with Gasteiger partial charge >= 0.3 is 0 Å². The van der Waals surface area contributed by atoms with E-state index < -0.39 is 0 Å². The highest BCUT2D eigenvalue weighted by atomic mass is 15.1. The van der Waals surface area contributed by atoms with Gasteiger partial charge in [0.05, 0.1) is 5.69 Å². The summed E-state index contributed by atoms with van der Waals surface area (Å²) in [6, 6.07) is 3.77. The van der Waals surface area contributed by atoms with E-state index in [9.17, 15) is 0 Å². The minimum atomic E-state index is 0.686. The number of rotatable bonds is 5. The van der Waals surface area contributed by atoms with Gasteiger partial charge in [0.25, 0.3) is 0 Å². The summed E-state index contributed by atoms with van der Waals surface area (Å²) in [5, 5.41) is 0. The number of anilines is 1. The van der Waals surface area contributed by atoms with Gasteiger partial charge in [0.1, 0.15) is 0 Å². The van der Waals surface area contributed by atoms with Crippen LogP contribution in [0.15, 0.2) is 18.3 Å². The summed E-state index contributed by atoms with van der Waals surface area (Å²) >= 11 is 0. The second kappa shape index (κ2) is 5.71. The first-order valence-electron chi connectivity index (χ1n) is 5.54. The van der Waals surface area contributed by atoms with Crippen molar-refractivity contribution in [3.8, 4) is 0 Å². The molecule has 0 atom stereocenters. The summed E-state index contributed by atoms with van der Waals surface area (Å²) in [4.78, 5) is 6.69. The van der Waals surface area contributed by atoms with Crippen LogP contribution in [-0.2, 0) is 6.54 Å². The predicted octanol–water partition coefficient (Wildman–Crippen LogP) is 2.14. The quantitative estimate of drug-likeness (QED) is 0.804. The van der Waals surface area contributed by atoms with Crippen LogP contribution in [0.4, 0.5) is 5.69 Å². The molecular formula is C12H21N3. The van der Waals surface area contributed by atoms with Crippen molar-refractivity contribution < 1.29 is 0 Å². The summed E-state index contributed by atoms with van der Waals surface area (Å²) in [6.07, 6.45) is 1.77. The average Bonchev–Trinajstić information content (AvgIpc) is 2.16. The van der Waals surface area contributed by atoms with Crippen LogP contribution in [0.2, 0.25) is 0 Å². The third-order valence-corrected chi connectivity index (χ3v) is 2.30. The monoisotopic (exact) mass is 207 g/mol. The first-order chi connectivity index (χ1) is 7.11. The Bertz CT molecular complexity index is 297. The number of hydrogen-bond acceptors (Lipinski definition) is 3. The maximum Gasteiger partial charge on any atom is 0.0564 e. The van der Waals surface area contributed by atoms with E-state index in [-0.39, 0.29) is 0 Å². The molecule has 1 aromatic heterocycles. The molecule has 3 nitrogen and oxygen atoms in total. The van der Waals surface area contributed by atoms with Gasteiger partial charge in [0.2, 0.25) is 0 Å². The van der Waals surface area contributed by atoms with E-state index in [0.29, 0.717) is 5.92 Å². The van der Waals surface area contributed by atoms with Gasteiger partial charge in [-0.3, -0.25) is 9.88 Å². The molecule has 0 unspecified atom stereocenters. The normalized spacial score (nSPS) is 11.3. The van der Waals surface area contributed by atoms with Crippen LogP contribution in [0.3, 0.4) is 0 Å². The molecule has 0 aliphatic rings. The van der Waals surface area contributed by atoms with Gasteiger partial charge in [-0.05, 0) is 24.6 Å². The van der Waals surface area contributed by atoms with Crippen LogP contribution < -0.4 is 5.73 Å². The SMILES string of the molecule is CCN(Cc1cc(N)ccn1)CC(C)C. The third-order valence-electron chi connectivity index (χ3n) is 2.30. The molecule has 0 aromatic carbocycles. The number of hydrogen-bond donors (Lipinski definition) is 1. The summed E-state index contributed by atoms with van der Waals surface area (Å²) in [6.45, 7) is 9.68. The molecule has 0 aliphatic heterocycles. The fourth-order valence-corrected chi connectivity index (χ4v) is 1.63. The molecule has 84 valence electrons. The van der Waals surface area contributed by atoms with Crippen LogP contribution in [0.25, 0.3) is 0 Å². The van der Waals surface area contributed by atoms with Crippen LogP contribution in [-0.4, -0.2) is 23.0 Å². The largest absolute Gasteiger partial charge is 0.399 e. The zero-order chi connectivity index (χ0) is 11.3. The molecule has 0 fully saturated rings. The highest BCUT2D eigenvalue weighted by Gasteiger charge is 2.06. The molecule has 1 heterocycles. The Labute approximate surface area is 92.3 Å². The number of pyridine rings is 1. The fraction of sp³-hybridized carbons (Fsp3) is 0.583. The summed E-state index contributed by atoms with van der Waals surface area (Å²) in [5.41, 5.74) is 7.56. The van der Waals surface area contributed by atoms with Crippen molar-refractivity contribution in [3.63, 3.8) is 0 Å². The topological polar surface area (TPSA) is 42.1 Å². The van der Waals surface area contributed by atoms with Crippen molar-refractivity contribution in [2.75, 3.05) is 18.8 Å². The van der Waals surface area contributed by atoms with Gasteiger partial charge in [-0.2, -0.15) is 0 Å². The standard InChI is InChI=1S/C12H21N3/c1-4-15(8-10(2)3)9-12-7-11(13)5-6-14-12/h5-7,10H,4,8-9H2,1-3H3,(H2,13,14). The summed E-state index contributed by atoms with van der Waals surface area (Å²) < 4.78 is 0. The average molecular weight is 207 g/mol. The lowest BCUT2D eigenvalue weighted by molar-refractivity contribution is 0.246. The maximum absolute atomic E-state index is 5.72. The molecule has 15 heavy (non-hydrogen) atoms. The second-order valence-corrected chi connectivity index (χ2v) is 4.30. The Morgan fingerprint density at radius 3 is 2.73 bits per heavy atom. The molecule has 1 rings (SSSR count). The Kier molecular flexibility index (Phi) is 4.56. The zero-order valence-electron chi connectivity index (χ0n) is 9.90. The van der Waals surface area contributed by atoms with E-state index in [4.69, 9.17) is 5.73 Å². The molecule has 3 heteroatoms. The molecule has 2 N–H and O–H groups in total. The van der Waals surface area contributed by atoms with Crippen molar-refractivity contribution in [2.24, 2.45) is 5.92 Å².